The monoisotopic (exact) mass is 247 g/mol. The van der Waals surface area contributed by atoms with Gasteiger partial charge in [0.1, 0.15) is 11.2 Å². The van der Waals surface area contributed by atoms with Crippen LogP contribution in [-0.4, -0.2) is 33.6 Å². The minimum Gasteiger partial charge on any atom is -0.396 e. The number of rotatable bonds is 4. The van der Waals surface area contributed by atoms with Crippen molar-refractivity contribution >= 4 is 11.6 Å². The fraction of sp³-hybridized carbons (Fsp3) is 0.250. The number of nitrogens with one attached hydrogen (secondary N) is 1. The number of fused-ring (bicyclic) bond motifs is 1. The summed E-state index contributed by atoms with van der Waals surface area (Å²) >= 11 is 0. The van der Waals surface area contributed by atoms with E-state index in [0.29, 0.717) is 18.6 Å². The molecular weight excluding hydrogens is 234 g/mol. The lowest BCUT2D eigenvalue weighted by Gasteiger charge is -2.05. The Hall–Kier alpha value is -2.21. The van der Waals surface area contributed by atoms with Crippen molar-refractivity contribution in [1.29, 1.82) is 0 Å². The highest BCUT2D eigenvalue weighted by Crippen LogP contribution is 1.97. The summed E-state index contributed by atoms with van der Waals surface area (Å²) < 4.78 is 1.32. The second kappa shape index (κ2) is 5.42. The van der Waals surface area contributed by atoms with Crippen molar-refractivity contribution in [2.75, 3.05) is 13.2 Å². The highest BCUT2D eigenvalue weighted by atomic mass is 16.3. The number of aliphatic hydroxyl groups excluding tert-OH is 1. The molecule has 94 valence electrons. The smallest absolute Gasteiger partial charge is 0.270 e. The molecule has 2 N–H and O–H groups in total. The van der Waals surface area contributed by atoms with Crippen molar-refractivity contribution in [1.82, 2.24) is 14.7 Å². The predicted octanol–water partition coefficient (Wildman–Crippen LogP) is -0.193. The van der Waals surface area contributed by atoms with Gasteiger partial charge in [-0.15, -0.1) is 0 Å². The van der Waals surface area contributed by atoms with Crippen molar-refractivity contribution in [3.05, 3.63) is 46.5 Å². The zero-order valence-electron chi connectivity index (χ0n) is 9.67. The largest absolute Gasteiger partial charge is 0.396 e. The van der Waals surface area contributed by atoms with Gasteiger partial charge in [0.2, 0.25) is 0 Å². The number of hydrogen-bond donors (Lipinski definition) is 2. The quantitative estimate of drug-likeness (QED) is 0.733. The van der Waals surface area contributed by atoms with Gasteiger partial charge in [0.25, 0.3) is 11.5 Å². The molecule has 0 aliphatic carbocycles. The van der Waals surface area contributed by atoms with Gasteiger partial charge in [0.15, 0.2) is 0 Å². The summed E-state index contributed by atoms with van der Waals surface area (Å²) in [5, 5.41) is 11.2. The van der Waals surface area contributed by atoms with Gasteiger partial charge >= 0.3 is 0 Å². The highest BCUT2D eigenvalue weighted by molar-refractivity contribution is 5.93. The maximum atomic E-state index is 12.0. The van der Waals surface area contributed by atoms with E-state index in [2.05, 4.69) is 10.3 Å². The first-order valence-electron chi connectivity index (χ1n) is 5.59. The molecular formula is C12H13N3O3. The number of amides is 1. The van der Waals surface area contributed by atoms with Crippen molar-refractivity contribution < 1.29 is 9.90 Å². The Bertz CT molecular complexity index is 621. The van der Waals surface area contributed by atoms with Crippen LogP contribution in [0.15, 0.2) is 35.4 Å². The van der Waals surface area contributed by atoms with Crippen molar-refractivity contribution in [3.63, 3.8) is 0 Å². The molecule has 2 aromatic rings. The SMILES string of the molecule is O=C(NCCCO)c1cnc2ccccn2c1=O. The zero-order chi connectivity index (χ0) is 13.0. The van der Waals surface area contributed by atoms with Crippen LogP contribution in [-0.2, 0) is 0 Å². The summed E-state index contributed by atoms with van der Waals surface area (Å²) in [6, 6.07) is 5.15. The van der Waals surface area contributed by atoms with Crippen LogP contribution in [0.25, 0.3) is 5.65 Å². The third kappa shape index (κ3) is 2.38. The Balaban J connectivity index is 2.31. The Morgan fingerprint density at radius 1 is 1.44 bits per heavy atom. The van der Waals surface area contributed by atoms with Crippen LogP contribution in [0.4, 0.5) is 0 Å². The van der Waals surface area contributed by atoms with Crippen LogP contribution in [0.2, 0.25) is 0 Å². The zero-order valence-corrected chi connectivity index (χ0v) is 9.67. The van der Waals surface area contributed by atoms with Crippen LogP contribution in [0.5, 0.6) is 0 Å². The number of aromatic nitrogens is 2. The fourth-order valence-corrected chi connectivity index (χ4v) is 1.56. The van der Waals surface area contributed by atoms with Crippen LogP contribution >= 0.6 is 0 Å². The molecule has 0 atom stereocenters. The molecule has 0 bridgehead atoms. The average Bonchev–Trinajstić information content (AvgIpc) is 2.39. The summed E-state index contributed by atoms with van der Waals surface area (Å²) in [5.74, 6) is -0.473. The topological polar surface area (TPSA) is 83.7 Å². The molecule has 6 nitrogen and oxygen atoms in total. The molecule has 0 aliphatic rings. The lowest BCUT2D eigenvalue weighted by molar-refractivity contribution is 0.0949. The van der Waals surface area contributed by atoms with Gasteiger partial charge in [-0.05, 0) is 18.6 Å². The number of pyridine rings is 1. The van der Waals surface area contributed by atoms with Crippen LogP contribution < -0.4 is 10.9 Å². The molecule has 0 unspecified atom stereocenters. The van der Waals surface area contributed by atoms with Crippen molar-refractivity contribution in [2.24, 2.45) is 0 Å². The first kappa shape index (κ1) is 12.3. The second-order valence-electron chi connectivity index (χ2n) is 3.74. The van der Waals surface area contributed by atoms with E-state index in [4.69, 9.17) is 5.11 Å². The molecule has 0 fully saturated rings. The molecule has 0 radical (unpaired) electrons. The normalized spacial score (nSPS) is 10.5. The number of nitrogens with zero attached hydrogens (tertiary/aromatic N) is 2. The Labute approximate surface area is 103 Å². The van der Waals surface area contributed by atoms with Crippen LogP contribution in [0.1, 0.15) is 16.8 Å². The van der Waals surface area contributed by atoms with Gasteiger partial charge in [-0.1, -0.05) is 6.07 Å². The number of carbonyl (C=O) groups is 1. The lowest BCUT2D eigenvalue weighted by atomic mass is 10.3. The molecule has 6 heteroatoms. The second-order valence-corrected chi connectivity index (χ2v) is 3.74. The van der Waals surface area contributed by atoms with E-state index in [1.807, 2.05) is 0 Å². The number of carbonyl (C=O) groups excluding carboxylic acids is 1. The van der Waals surface area contributed by atoms with Gasteiger partial charge in [-0.2, -0.15) is 0 Å². The minimum atomic E-state index is -0.473. The van der Waals surface area contributed by atoms with Crippen LogP contribution in [0.3, 0.4) is 0 Å². The van der Waals surface area contributed by atoms with E-state index >= 15 is 0 Å². The molecule has 0 saturated carbocycles. The van der Waals surface area contributed by atoms with Gasteiger partial charge in [0, 0.05) is 25.5 Å². The molecule has 0 aliphatic heterocycles. The van der Waals surface area contributed by atoms with Crippen molar-refractivity contribution in [3.8, 4) is 0 Å². The van der Waals surface area contributed by atoms with E-state index in [-0.39, 0.29) is 12.2 Å². The van der Waals surface area contributed by atoms with Gasteiger partial charge < -0.3 is 10.4 Å². The highest BCUT2D eigenvalue weighted by Gasteiger charge is 2.12. The molecule has 0 saturated heterocycles. The Kier molecular flexibility index (Phi) is 3.69. The summed E-state index contributed by atoms with van der Waals surface area (Å²) in [7, 11) is 0. The third-order valence-electron chi connectivity index (χ3n) is 2.48. The standard InChI is InChI=1S/C12H13N3O3/c16-7-3-5-13-11(17)9-8-14-10-4-1-2-6-15(10)12(9)18/h1-2,4,6,8,16H,3,5,7H2,(H,13,17). The Morgan fingerprint density at radius 2 is 2.28 bits per heavy atom. The number of aliphatic hydroxyl groups is 1. The third-order valence-corrected chi connectivity index (χ3v) is 2.48. The summed E-state index contributed by atoms with van der Waals surface area (Å²) in [6.45, 7) is 0.321. The van der Waals surface area contributed by atoms with E-state index in [9.17, 15) is 9.59 Å². The van der Waals surface area contributed by atoms with Gasteiger partial charge in [-0.25, -0.2) is 4.98 Å². The maximum Gasteiger partial charge on any atom is 0.270 e. The summed E-state index contributed by atoms with van der Waals surface area (Å²) in [5.41, 5.74) is 0.0909. The summed E-state index contributed by atoms with van der Waals surface area (Å²) in [4.78, 5) is 27.8. The molecule has 2 heterocycles. The number of hydrogen-bond acceptors (Lipinski definition) is 4. The first-order chi connectivity index (χ1) is 8.74. The lowest BCUT2D eigenvalue weighted by Crippen LogP contribution is -2.32. The Morgan fingerprint density at radius 3 is 3.06 bits per heavy atom. The van der Waals surface area contributed by atoms with E-state index in [1.165, 1.54) is 10.6 Å². The fourth-order valence-electron chi connectivity index (χ4n) is 1.56. The summed E-state index contributed by atoms with van der Waals surface area (Å²) in [6.07, 6.45) is 3.29. The first-order valence-corrected chi connectivity index (χ1v) is 5.59. The van der Waals surface area contributed by atoms with E-state index in [1.54, 1.807) is 24.4 Å². The molecule has 18 heavy (non-hydrogen) atoms. The van der Waals surface area contributed by atoms with Gasteiger partial charge in [-0.3, -0.25) is 14.0 Å². The minimum absolute atomic E-state index is 0.00311. The molecule has 0 aromatic carbocycles. The van der Waals surface area contributed by atoms with E-state index < -0.39 is 11.5 Å². The average molecular weight is 247 g/mol. The van der Waals surface area contributed by atoms with Gasteiger partial charge in [0.05, 0.1) is 0 Å². The van der Waals surface area contributed by atoms with Crippen LogP contribution in [0, 0.1) is 0 Å². The molecule has 0 spiro atoms. The molecule has 1 amide bonds. The van der Waals surface area contributed by atoms with E-state index in [0.717, 1.165) is 0 Å². The molecule has 2 rings (SSSR count). The predicted molar refractivity (Wildman–Crippen MR) is 65.5 cm³/mol. The molecule has 2 aromatic heterocycles. The van der Waals surface area contributed by atoms with Crippen molar-refractivity contribution in [2.45, 2.75) is 6.42 Å². The maximum absolute atomic E-state index is 12.0.